The Labute approximate surface area is 199 Å². The van der Waals surface area contributed by atoms with Crippen molar-refractivity contribution < 1.29 is 18.3 Å². The predicted molar refractivity (Wildman–Crippen MR) is 124 cm³/mol. The van der Waals surface area contributed by atoms with Crippen LogP contribution in [0.15, 0.2) is 42.6 Å². The molecule has 0 aliphatic carbocycles. The number of aromatic nitrogens is 4. The van der Waals surface area contributed by atoms with E-state index in [2.05, 4.69) is 25.3 Å². The molecule has 2 N–H and O–H groups in total. The van der Waals surface area contributed by atoms with Crippen LogP contribution in [0.25, 0.3) is 11.2 Å². The second kappa shape index (κ2) is 9.34. The number of aromatic amines is 1. The molecule has 0 spiro atoms. The van der Waals surface area contributed by atoms with Crippen molar-refractivity contribution in [3.05, 3.63) is 76.2 Å². The first kappa shape index (κ1) is 23.6. The number of H-pyrrole nitrogens is 1. The van der Waals surface area contributed by atoms with E-state index in [1.165, 1.54) is 31.3 Å². The van der Waals surface area contributed by atoms with Crippen LogP contribution in [0, 0.1) is 11.6 Å². The highest BCUT2D eigenvalue weighted by atomic mass is 35.5. The zero-order valence-corrected chi connectivity index (χ0v) is 19.5. The lowest BCUT2D eigenvalue weighted by Crippen LogP contribution is -2.40. The normalized spacial score (nSPS) is 11.6. The maximum absolute atomic E-state index is 13.9. The lowest BCUT2D eigenvalue weighted by Gasteiger charge is -2.24. The summed E-state index contributed by atoms with van der Waals surface area (Å²) in [7, 11) is 0. The number of benzene rings is 1. The van der Waals surface area contributed by atoms with Crippen LogP contribution in [-0.4, -0.2) is 25.8 Å². The van der Waals surface area contributed by atoms with Gasteiger partial charge in [0.05, 0.1) is 33.7 Å². The third-order valence-corrected chi connectivity index (χ3v) is 5.56. The number of carbonyl (C=O) groups is 1. The Morgan fingerprint density at radius 1 is 1.15 bits per heavy atom. The van der Waals surface area contributed by atoms with Gasteiger partial charge in [-0.3, -0.25) is 9.78 Å². The quantitative estimate of drug-likeness (QED) is 0.374. The maximum atomic E-state index is 13.9. The van der Waals surface area contributed by atoms with Crippen LogP contribution in [0.2, 0.25) is 5.02 Å². The number of ether oxygens (including phenoxy) is 1. The van der Waals surface area contributed by atoms with Gasteiger partial charge in [0.25, 0.3) is 0 Å². The van der Waals surface area contributed by atoms with Crippen molar-refractivity contribution in [2.75, 3.05) is 0 Å². The fraction of sp³-hybridized carbons (Fsp3) is 0.250. The lowest BCUT2D eigenvalue weighted by atomic mass is 10.00. The van der Waals surface area contributed by atoms with Gasteiger partial charge in [0, 0.05) is 12.5 Å². The molecule has 1 amide bonds. The summed E-state index contributed by atoms with van der Waals surface area (Å²) >= 11 is 6.34. The third kappa shape index (κ3) is 5.14. The number of halogens is 3. The Bertz CT molecular complexity index is 1340. The van der Waals surface area contributed by atoms with Crippen molar-refractivity contribution >= 4 is 28.7 Å². The number of nitrogens with one attached hydrogen (secondary N) is 2. The van der Waals surface area contributed by atoms with Crippen molar-refractivity contribution in [3.8, 4) is 11.8 Å². The van der Waals surface area contributed by atoms with Crippen molar-refractivity contribution in [1.29, 1.82) is 0 Å². The summed E-state index contributed by atoms with van der Waals surface area (Å²) in [6, 6.07) is 9.06. The predicted octanol–water partition coefficient (Wildman–Crippen LogP) is 5.23. The third-order valence-electron chi connectivity index (χ3n) is 5.23. The van der Waals surface area contributed by atoms with Crippen molar-refractivity contribution in [2.45, 2.75) is 39.2 Å². The molecule has 4 aromatic rings. The van der Waals surface area contributed by atoms with Gasteiger partial charge < -0.3 is 15.0 Å². The molecule has 0 saturated heterocycles. The van der Waals surface area contributed by atoms with Crippen LogP contribution < -0.4 is 10.1 Å². The molecule has 34 heavy (non-hydrogen) atoms. The largest absolute Gasteiger partial charge is 0.424 e. The molecule has 0 bridgehead atoms. The van der Waals surface area contributed by atoms with E-state index in [9.17, 15) is 13.6 Å². The highest BCUT2D eigenvalue weighted by Gasteiger charge is 2.23. The fourth-order valence-corrected chi connectivity index (χ4v) is 3.84. The molecule has 4 rings (SSSR count). The van der Waals surface area contributed by atoms with E-state index in [1.807, 2.05) is 13.8 Å². The molecule has 0 saturated carbocycles. The van der Waals surface area contributed by atoms with Gasteiger partial charge in [-0.1, -0.05) is 17.7 Å². The Morgan fingerprint density at radius 2 is 1.88 bits per heavy atom. The zero-order chi connectivity index (χ0) is 24.5. The number of aryl methyl sites for hydroxylation is 1. The summed E-state index contributed by atoms with van der Waals surface area (Å²) in [6.45, 7) is 5.15. The molecule has 176 valence electrons. The van der Waals surface area contributed by atoms with Crippen LogP contribution in [0.1, 0.15) is 37.7 Å². The first-order valence-electron chi connectivity index (χ1n) is 10.5. The number of pyridine rings is 2. The minimum Gasteiger partial charge on any atom is -0.424 e. The van der Waals surface area contributed by atoms with E-state index in [1.54, 1.807) is 18.2 Å². The van der Waals surface area contributed by atoms with Crippen molar-refractivity contribution in [2.24, 2.45) is 0 Å². The number of hydrogen-bond acceptors (Lipinski definition) is 5. The summed E-state index contributed by atoms with van der Waals surface area (Å²) < 4.78 is 33.6. The molecular formula is C24H22ClF2N5O2. The van der Waals surface area contributed by atoms with Crippen LogP contribution >= 0.6 is 11.6 Å². The van der Waals surface area contributed by atoms with Gasteiger partial charge in [-0.25, -0.2) is 13.8 Å². The van der Waals surface area contributed by atoms with Gasteiger partial charge in [-0.15, -0.1) is 0 Å². The summed E-state index contributed by atoms with van der Waals surface area (Å²) in [5.41, 5.74) is 1.41. The van der Waals surface area contributed by atoms with E-state index in [0.717, 1.165) is 0 Å². The van der Waals surface area contributed by atoms with Crippen LogP contribution in [-0.2, 0) is 23.2 Å². The molecule has 3 heterocycles. The van der Waals surface area contributed by atoms with Crippen LogP contribution in [0.5, 0.6) is 11.8 Å². The molecule has 0 atom stereocenters. The molecule has 0 aliphatic heterocycles. The molecule has 1 aromatic carbocycles. The highest BCUT2D eigenvalue weighted by molar-refractivity contribution is 6.31. The number of amides is 1. The number of rotatable bonds is 7. The van der Waals surface area contributed by atoms with Gasteiger partial charge >= 0.3 is 6.01 Å². The molecule has 0 aliphatic rings. The Hall–Kier alpha value is -3.59. The standard InChI is InChI=1S/C24H22ClF2N5O2/c1-13(33)32-24(2,3)21-10-7-14(12-28-21)34-23-30-20-11-16(25)19(29-22(20)31-23)9-8-15-17(26)5-4-6-18(15)27/h4-7,10-12H,8-9H2,1-3H3,(H,32,33)(H,29,30,31). The maximum Gasteiger partial charge on any atom is 0.301 e. The van der Waals surface area contributed by atoms with Gasteiger partial charge in [0.15, 0.2) is 5.65 Å². The summed E-state index contributed by atoms with van der Waals surface area (Å²) in [5, 5.41) is 3.19. The van der Waals surface area contributed by atoms with Crippen LogP contribution in [0.4, 0.5) is 8.78 Å². The van der Waals surface area contributed by atoms with Gasteiger partial charge in [0.1, 0.15) is 17.4 Å². The number of imidazole rings is 1. The Morgan fingerprint density at radius 3 is 2.53 bits per heavy atom. The number of nitrogens with zero attached hydrogens (tertiary/aromatic N) is 3. The smallest absolute Gasteiger partial charge is 0.301 e. The Kier molecular flexibility index (Phi) is 6.47. The first-order valence-corrected chi connectivity index (χ1v) is 10.9. The minimum absolute atomic E-state index is 0.0101. The topological polar surface area (TPSA) is 92.8 Å². The van der Waals surface area contributed by atoms with Gasteiger partial charge in [0.2, 0.25) is 5.91 Å². The number of fused-ring (bicyclic) bond motifs is 1. The second-order valence-corrected chi connectivity index (χ2v) is 8.72. The molecule has 3 aromatic heterocycles. The summed E-state index contributed by atoms with van der Waals surface area (Å²) in [4.78, 5) is 27.5. The molecule has 0 unspecified atom stereocenters. The van der Waals surface area contributed by atoms with E-state index in [4.69, 9.17) is 16.3 Å². The van der Waals surface area contributed by atoms with E-state index < -0.39 is 17.2 Å². The molecule has 0 radical (unpaired) electrons. The molecule has 7 nitrogen and oxygen atoms in total. The van der Waals surface area contributed by atoms with E-state index >= 15 is 0 Å². The average Bonchev–Trinajstić information content (AvgIpc) is 3.13. The fourth-order valence-electron chi connectivity index (χ4n) is 3.60. The zero-order valence-electron chi connectivity index (χ0n) is 18.7. The number of carbonyl (C=O) groups excluding carboxylic acids is 1. The average molecular weight is 486 g/mol. The molecule has 0 fully saturated rings. The Balaban J connectivity index is 1.50. The van der Waals surface area contributed by atoms with Gasteiger partial charge in [-0.2, -0.15) is 4.98 Å². The van der Waals surface area contributed by atoms with Crippen molar-refractivity contribution in [1.82, 2.24) is 25.3 Å². The molecule has 10 heteroatoms. The summed E-state index contributed by atoms with van der Waals surface area (Å²) in [6.07, 6.45) is 1.88. The van der Waals surface area contributed by atoms with Crippen molar-refractivity contribution in [3.63, 3.8) is 0 Å². The number of hydrogen-bond donors (Lipinski definition) is 2. The van der Waals surface area contributed by atoms with Gasteiger partial charge in [-0.05, 0) is 57.0 Å². The lowest BCUT2D eigenvalue weighted by molar-refractivity contribution is -0.120. The summed E-state index contributed by atoms with van der Waals surface area (Å²) in [5.74, 6) is -0.928. The monoisotopic (exact) mass is 485 g/mol. The molecular weight excluding hydrogens is 464 g/mol. The minimum atomic E-state index is -0.633. The SMILES string of the molecule is CC(=O)NC(C)(C)c1ccc(Oc2nc3nc(CCc4c(F)cccc4F)c(Cl)cc3[nH]2)cn1. The van der Waals surface area contributed by atoms with E-state index in [0.29, 0.717) is 33.3 Å². The second-order valence-electron chi connectivity index (χ2n) is 8.32. The highest BCUT2D eigenvalue weighted by Crippen LogP contribution is 2.27. The van der Waals surface area contributed by atoms with E-state index in [-0.39, 0.29) is 30.3 Å². The first-order chi connectivity index (χ1) is 16.1. The van der Waals surface area contributed by atoms with Crippen LogP contribution in [0.3, 0.4) is 0 Å².